The van der Waals surface area contributed by atoms with Gasteiger partial charge in [-0.2, -0.15) is 9.35 Å². The number of nitrogens with one attached hydrogen (secondary N) is 2. The van der Waals surface area contributed by atoms with Crippen molar-refractivity contribution < 1.29 is 56.4 Å². The quantitative estimate of drug-likeness (QED) is 0.176. The van der Waals surface area contributed by atoms with Crippen molar-refractivity contribution in [1.82, 2.24) is 15.3 Å². The zero-order valence-electron chi connectivity index (χ0n) is 12.2. The van der Waals surface area contributed by atoms with Gasteiger partial charge in [0, 0.05) is 13.0 Å². The third kappa shape index (κ3) is 4.18. The molecular formula is C10H15N4NaO6S. The number of hydroxylamine groups is 2. The van der Waals surface area contributed by atoms with Crippen LogP contribution in [-0.4, -0.2) is 59.3 Å². The number of hydrogen-bond acceptors (Lipinski definition) is 7. The van der Waals surface area contributed by atoms with E-state index in [1.165, 1.54) is 4.90 Å². The van der Waals surface area contributed by atoms with Crippen molar-refractivity contribution in [3.8, 4) is 0 Å². The van der Waals surface area contributed by atoms with E-state index in [1.807, 2.05) is 0 Å². The zero-order valence-corrected chi connectivity index (χ0v) is 15.1. The van der Waals surface area contributed by atoms with Crippen molar-refractivity contribution in [2.75, 3.05) is 6.54 Å². The number of carbonyl (C=O) groups is 2. The van der Waals surface area contributed by atoms with E-state index in [0.717, 1.165) is 0 Å². The molecule has 12 heteroatoms. The maximum absolute atomic E-state index is 12.0. The Morgan fingerprint density at radius 2 is 2.14 bits per heavy atom. The minimum absolute atomic E-state index is 0. The fourth-order valence-corrected chi connectivity index (χ4v) is 2.83. The molecule has 0 aromatic rings. The molecule has 0 radical (unpaired) electrons. The Balaban J connectivity index is 0.00000242. The Bertz CT molecular complexity index is 582. The molecule has 2 fully saturated rings. The monoisotopic (exact) mass is 342 g/mol. The van der Waals surface area contributed by atoms with E-state index in [4.69, 9.17) is 5.41 Å². The van der Waals surface area contributed by atoms with Gasteiger partial charge in [0.2, 0.25) is 16.3 Å². The van der Waals surface area contributed by atoms with Crippen molar-refractivity contribution in [2.24, 2.45) is 0 Å². The van der Waals surface area contributed by atoms with Crippen LogP contribution in [0, 0.1) is 5.41 Å². The van der Waals surface area contributed by atoms with Crippen molar-refractivity contribution in [3.63, 3.8) is 0 Å². The fourth-order valence-electron chi connectivity index (χ4n) is 2.45. The molecule has 2 atom stereocenters. The van der Waals surface area contributed by atoms with Crippen molar-refractivity contribution in [3.05, 3.63) is 0 Å². The van der Waals surface area contributed by atoms with Crippen molar-refractivity contribution >= 4 is 28.2 Å². The molecular weight excluding hydrogens is 327 g/mol. The van der Waals surface area contributed by atoms with Crippen LogP contribution in [-0.2, 0) is 19.5 Å². The SMILES string of the molecule is CCC(=O)NC(=N)[C@@H]1CC[C@@H]2CN1C(=O)N2OS(=O)(=O)[O-].[Na+]. The van der Waals surface area contributed by atoms with E-state index >= 15 is 0 Å². The van der Waals surface area contributed by atoms with Crippen molar-refractivity contribution in [2.45, 2.75) is 38.3 Å². The summed E-state index contributed by atoms with van der Waals surface area (Å²) >= 11 is 0. The molecule has 2 bridgehead atoms. The van der Waals surface area contributed by atoms with Crippen LogP contribution in [0.2, 0.25) is 0 Å². The van der Waals surface area contributed by atoms with Crippen molar-refractivity contribution in [1.29, 1.82) is 5.41 Å². The summed E-state index contributed by atoms with van der Waals surface area (Å²) in [6, 6.07) is -2.00. The number of fused-ring (bicyclic) bond motifs is 2. The summed E-state index contributed by atoms with van der Waals surface area (Å²) in [5.41, 5.74) is 0. The number of rotatable bonds is 4. The first-order chi connectivity index (χ1) is 9.73. The van der Waals surface area contributed by atoms with Gasteiger partial charge < -0.3 is 14.8 Å². The summed E-state index contributed by atoms with van der Waals surface area (Å²) in [6.07, 6.45) is 0.945. The Morgan fingerprint density at radius 3 is 2.68 bits per heavy atom. The molecule has 2 rings (SSSR count). The van der Waals surface area contributed by atoms with Crippen LogP contribution in [0.25, 0.3) is 0 Å². The summed E-state index contributed by atoms with van der Waals surface area (Å²) in [7, 11) is -5.03. The molecule has 10 nitrogen and oxygen atoms in total. The first-order valence-corrected chi connectivity index (χ1v) is 7.69. The van der Waals surface area contributed by atoms with E-state index in [2.05, 4.69) is 9.60 Å². The molecule has 0 unspecified atom stereocenters. The molecule has 2 saturated heterocycles. The van der Waals surface area contributed by atoms with Gasteiger partial charge in [-0.15, -0.1) is 0 Å². The largest absolute Gasteiger partial charge is 1.00 e. The summed E-state index contributed by atoms with van der Waals surface area (Å²) in [4.78, 5) is 24.6. The van der Waals surface area contributed by atoms with E-state index in [0.29, 0.717) is 17.9 Å². The summed E-state index contributed by atoms with van der Waals surface area (Å²) in [5.74, 6) is -0.468. The average Bonchev–Trinajstić information content (AvgIpc) is 2.62. The minimum Gasteiger partial charge on any atom is -0.724 e. The van der Waals surface area contributed by atoms with Gasteiger partial charge in [0.1, 0.15) is 5.84 Å². The van der Waals surface area contributed by atoms with Gasteiger partial charge in [0.15, 0.2) is 0 Å². The molecule has 0 saturated carbocycles. The first kappa shape index (κ1) is 19.3. The Kier molecular flexibility index (Phi) is 6.36. The van der Waals surface area contributed by atoms with Crippen LogP contribution in [0.15, 0.2) is 0 Å². The second kappa shape index (κ2) is 7.23. The molecule has 0 aromatic carbocycles. The van der Waals surface area contributed by atoms with Crippen LogP contribution in [0.5, 0.6) is 0 Å². The second-order valence-corrected chi connectivity index (χ2v) is 5.77. The maximum Gasteiger partial charge on any atom is 1.00 e. The second-order valence-electron chi connectivity index (χ2n) is 4.81. The molecule has 2 N–H and O–H groups in total. The Hall–Kier alpha value is -0.720. The smallest absolute Gasteiger partial charge is 0.724 e. The number of nitrogens with zero attached hydrogens (tertiary/aromatic N) is 2. The number of urea groups is 1. The number of piperidine rings is 1. The van der Waals surface area contributed by atoms with Crippen LogP contribution in [0.1, 0.15) is 26.2 Å². The third-order valence-electron chi connectivity index (χ3n) is 3.42. The molecule has 22 heavy (non-hydrogen) atoms. The fraction of sp³-hybridized carbons (Fsp3) is 0.700. The Morgan fingerprint density at radius 1 is 1.50 bits per heavy atom. The van der Waals surface area contributed by atoms with Crippen LogP contribution in [0.3, 0.4) is 0 Å². The van der Waals surface area contributed by atoms with Gasteiger partial charge in [-0.1, -0.05) is 6.92 Å². The number of carbonyl (C=O) groups excluding carboxylic acids is 2. The van der Waals surface area contributed by atoms with Crippen LogP contribution < -0.4 is 34.9 Å². The van der Waals surface area contributed by atoms with Crippen LogP contribution in [0.4, 0.5) is 4.79 Å². The molecule has 0 aliphatic carbocycles. The molecule has 2 aliphatic rings. The standard InChI is InChI=1S/C10H16N4O6S.Na/c1-2-8(15)12-9(11)7-4-3-6-5-13(7)10(16)14(6)20-21(17,18)19;/h6-7H,2-5H2,1H3,(H2,11,12,15)(H,17,18,19);/q;+1/p-1/t6-,7+;/m1./s1. The van der Waals surface area contributed by atoms with E-state index in [9.17, 15) is 22.6 Å². The maximum atomic E-state index is 12.0. The minimum atomic E-state index is -5.03. The number of amidine groups is 1. The van der Waals surface area contributed by atoms with Gasteiger partial charge in [-0.25, -0.2) is 13.2 Å². The zero-order chi connectivity index (χ0) is 15.8. The first-order valence-electron chi connectivity index (χ1n) is 6.36. The predicted octanol–water partition coefficient (Wildman–Crippen LogP) is -3.85. The summed E-state index contributed by atoms with van der Waals surface area (Å²) in [5, 5.41) is 10.8. The summed E-state index contributed by atoms with van der Waals surface area (Å²) < 4.78 is 36.1. The normalized spacial score (nSPS) is 24.0. The van der Waals surface area contributed by atoms with E-state index in [1.54, 1.807) is 6.92 Å². The van der Waals surface area contributed by atoms with Gasteiger partial charge in [0.05, 0.1) is 12.1 Å². The molecule has 0 aromatic heterocycles. The predicted molar refractivity (Wildman–Crippen MR) is 67.7 cm³/mol. The van der Waals surface area contributed by atoms with Crippen LogP contribution >= 0.6 is 0 Å². The Labute approximate surface area is 149 Å². The van der Waals surface area contributed by atoms with Gasteiger partial charge >= 0.3 is 35.6 Å². The van der Waals surface area contributed by atoms with Gasteiger partial charge in [-0.05, 0) is 12.8 Å². The molecule has 0 spiro atoms. The van der Waals surface area contributed by atoms with E-state index in [-0.39, 0.29) is 54.3 Å². The molecule has 2 heterocycles. The van der Waals surface area contributed by atoms with E-state index < -0.39 is 28.5 Å². The molecule has 3 amide bonds. The molecule has 118 valence electrons. The average molecular weight is 342 g/mol. The number of hydrogen-bond donors (Lipinski definition) is 2. The summed E-state index contributed by atoms with van der Waals surface area (Å²) in [6.45, 7) is 1.78. The topological polar surface area (TPSA) is 143 Å². The molecule has 2 aliphatic heterocycles. The van der Waals surface area contributed by atoms with Gasteiger partial charge in [-0.3, -0.25) is 10.2 Å². The third-order valence-corrected chi connectivity index (χ3v) is 3.77. The van der Waals surface area contributed by atoms with Gasteiger partial charge in [0.25, 0.3) is 0 Å². The number of amides is 3.